The second-order valence-electron chi connectivity index (χ2n) is 3.91. The maximum atomic E-state index is 10.6. The molecule has 0 aromatic heterocycles. The number of nitro groups is 1. The van der Waals surface area contributed by atoms with Gasteiger partial charge in [-0.15, -0.1) is 0 Å². The van der Waals surface area contributed by atoms with E-state index in [9.17, 15) is 10.1 Å². The average molecular weight is 211 g/mol. The van der Waals surface area contributed by atoms with Crippen LogP contribution < -0.4 is 5.32 Å². The normalized spacial score (nSPS) is 18.6. The number of hydrogen-bond donors (Lipinski definition) is 2. The second-order valence-corrected chi connectivity index (χ2v) is 3.91. The summed E-state index contributed by atoms with van der Waals surface area (Å²) in [5, 5.41) is 20.9. The highest BCUT2D eigenvalue weighted by atomic mass is 16.6. The van der Waals surface area contributed by atoms with Gasteiger partial charge in [0.1, 0.15) is 5.71 Å². The molecule has 0 aromatic rings. The lowest BCUT2D eigenvalue weighted by Crippen LogP contribution is -2.28. The Bertz CT molecular complexity index is 264. The van der Waals surface area contributed by atoms with Crippen molar-refractivity contribution in [3.63, 3.8) is 0 Å². The molecule has 5 nitrogen and oxygen atoms in total. The van der Waals surface area contributed by atoms with E-state index in [4.69, 9.17) is 5.41 Å². The molecule has 84 valence electrons. The van der Waals surface area contributed by atoms with Crippen LogP contribution in [0.5, 0.6) is 0 Å². The van der Waals surface area contributed by atoms with Gasteiger partial charge in [0.15, 0.2) is 0 Å². The van der Waals surface area contributed by atoms with Gasteiger partial charge >= 0.3 is 5.70 Å². The Labute approximate surface area is 89.2 Å². The highest BCUT2D eigenvalue weighted by molar-refractivity contribution is 5.93. The molecule has 0 heterocycles. The molecule has 15 heavy (non-hydrogen) atoms. The molecular weight excluding hydrogens is 194 g/mol. The lowest BCUT2D eigenvalue weighted by molar-refractivity contribution is -0.415. The van der Waals surface area contributed by atoms with Gasteiger partial charge < -0.3 is 5.32 Å². The topological polar surface area (TPSA) is 79.0 Å². The fourth-order valence-corrected chi connectivity index (χ4v) is 1.76. The van der Waals surface area contributed by atoms with Crippen molar-refractivity contribution in [2.75, 3.05) is 0 Å². The van der Waals surface area contributed by atoms with Gasteiger partial charge in [0, 0.05) is 6.04 Å². The largest absolute Gasteiger partial charge is 0.383 e. The van der Waals surface area contributed by atoms with E-state index in [1.807, 2.05) is 0 Å². The van der Waals surface area contributed by atoms with Crippen molar-refractivity contribution < 1.29 is 4.92 Å². The molecule has 0 saturated heterocycles. The summed E-state index contributed by atoms with van der Waals surface area (Å²) >= 11 is 0. The van der Waals surface area contributed by atoms with Gasteiger partial charge in [-0.2, -0.15) is 0 Å². The van der Waals surface area contributed by atoms with E-state index in [1.54, 1.807) is 0 Å². The van der Waals surface area contributed by atoms with Crippen LogP contribution in [0.25, 0.3) is 0 Å². The van der Waals surface area contributed by atoms with Crippen molar-refractivity contribution in [2.24, 2.45) is 0 Å². The third kappa shape index (κ3) is 3.69. The molecule has 1 rings (SSSR count). The summed E-state index contributed by atoms with van der Waals surface area (Å²) in [6.07, 6.45) is 7.13. The second kappa shape index (κ2) is 5.48. The smallest absolute Gasteiger partial charge is 0.305 e. The molecule has 1 saturated carbocycles. The Balaban J connectivity index is 2.52. The van der Waals surface area contributed by atoms with Crippen molar-refractivity contribution in [3.05, 3.63) is 22.0 Å². The molecule has 1 aliphatic carbocycles. The van der Waals surface area contributed by atoms with Gasteiger partial charge in [0.05, 0.1) is 11.1 Å². The van der Waals surface area contributed by atoms with Crippen LogP contribution in [0.2, 0.25) is 0 Å². The molecule has 2 N–H and O–H groups in total. The minimum Gasteiger partial charge on any atom is -0.383 e. The molecule has 0 bridgehead atoms. The zero-order valence-electron chi connectivity index (χ0n) is 8.95. The maximum absolute atomic E-state index is 10.6. The van der Waals surface area contributed by atoms with Crippen LogP contribution >= 0.6 is 0 Å². The zero-order valence-corrected chi connectivity index (χ0v) is 8.95. The van der Waals surface area contributed by atoms with E-state index >= 15 is 0 Å². The minimum atomic E-state index is -0.516. The molecule has 0 atom stereocenters. The van der Waals surface area contributed by atoms with Crippen molar-refractivity contribution >= 4 is 5.71 Å². The predicted octanol–water partition coefficient (Wildman–Crippen LogP) is 2.07. The summed E-state index contributed by atoms with van der Waals surface area (Å²) in [4.78, 5) is 10.1. The number of hydrogen-bond acceptors (Lipinski definition) is 4. The van der Waals surface area contributed by atoms with Crippen LogP contribution in [0.15, 0.2) is 11.9 Å². The highest BCUT2D eigenvalue weighted by Crippen LogP contribution is 2.17. The van der Waals surface area contributed by atoms with Crippen LogP contribution in [-0.4, -0.2) is 16.7 Å². The van der Waals surface area contributed by atoms with Crippen molar-refractivity contribution in [3.8, 4) is 0 Å². The van der Waals surface area contributed by atoms with E-state index in [0.29, 0.717) is 6.04 Å². The quantitative estimate of drug-likeness (QED) is 0.424. The fourth-order valence-electron chi connectivity index (χ4n) is 1.76. The van der Waals surface area contributed by atoms with Gasteiger partial charge in [-0.1, -0.05) is 19.3 Å². The first-order chi connectivity index (χ1) is 7.11. The van der Waals surface area contributed by atoms with Crippen molar-refractivity contribution in [1.82, 2.24) is 5.32 Å². The highest BCUT2D eigenvalue weighted by Gasteiger charge is 2.16. The maximum Gasteiger partial charge on any atom is 0.305 e. The van der Waals surface area contributed by atoms with Gasteiger partial charge in [-0.25, -0.2) is 0 Å². The molecule has 5 heteroatoms. The predicted molar refractivity (Wildman–Crippen MR) is 58.5 cm³/mol. The number of nitrogens with one attached hydrogen (secondary N) is 2. The Hall–Kier alpha value is -1.39. The summed E-state index contributed by atoms with van der Waals surface area (Å²) in [5.41, 5.74) is -0.149. The van der Waals surface area contributed by atoms with E-state index in [0.717, 1.165) is 12.8 Å². The van der Waals surface area contributed by atoms with E-state index in [-0.39, 0.29) is 11.4 Å². The van der Waals surface area contributed by atoms with Crippen molar-refractivity contribution in [2.45, 2.75) is 45.1 Å². The van der Waals surface area contributed by atoms with Crippen molar-refractivity contribution in [1.29, 1.82) is 5.41 Å². The first-order valence-corrected chi connectivity index (χ1v) is 5.27. The molecule has 0 aromatic carbocycles. The average Bonchev–Trinajstić information content (AvgIpc) is 2.18. The Morgan fingerprint density at radius 2 is 2.07 bits per heavy atom. The standard InChI is InChI=1S/C10H17N3O2/c1-8(11)10(13(14)15)7-12-9-5-3-2-4-6-9/h7,9,11-12H,2-6H2,1H3/b10-7+,11-8?. The number of rotatable bonds is 4. The third-order valence-electron chi connectivity index (χ3n) is 2.64. The Morgan fingerprint density at radius 1 is 1.47 bits per heavy atom. The van der Waals surface area contributed by atoms with Crippen LogP contribution in [0.1, 0.15) is 39.0 Å². The van der Waals surface area contributed by atoms with Gasteiger partial charge in [-0.05, 0) is 19.8 Å². The summed E-state index contributed by atoms with van der Waals surface area (Å²) in [6.45, 7) is 1.43. The first kappa shape index (κ1) is 11.7. The van der Waals surface area contributed by atoms with Crippen LogP contribution in [0, 0.1) is 15.5 Å². The molecule has 0 radical (unpaired) electrons. The molecule has 0 unspecified atom stereocenters. The first-order valence-electron chi connectivity index (χ1n) is 5.27. The van der Waals surface area contributed by atoms with E-state index < -0.39 is 4.92 Å². The fraction of sp³-hybridized carbons (Fsp3) is 0.700. The number of nitrogens with zero attached hydrogens (tertiary/aromatic N) is 1. The monoisotopic (exact) mass is 211 g/mol. The Kier molecular flexibility index (Phi) is 4.27. The summed E-state index contributed by atoms with van der Waals surface area (Å²) in [5.74, 6) is 0. The van der Waals surface area contributed by atoms with E-state index in [1.165, 1.54) is 32.4 Å². The number of allylic oxidation sites excluding steroid dienone is 1. The molecule has 1 fully saturated rings. The molecule has 0 aliphatic heterocycles. The van der Waals surface area contributed by atoms with E-state index in [2.05, 4.69) is 5.32 Å². The summed E-state index contributed by atoms with van der Waals surface area (Å²) in [6, 6.07) is 0.341. The zero-order chi connectivity index (χ0) is 11.3. The Morgan fingerprint density at radius 3 is 2.53 bits per heavy atom. The molecule has 0 spiro atoms. The van der Waals surface area contributed by atoms with Gasteiger partial charge in [0.2, 0.25) is 0 Å². The SMILES string of the molecule is CC(=N)/C(=C\NC1CCCCC1)[N+](=O)[O-]. The van der Waals surface area contributed by atoms with Gasteiger partial charge in [-0.3, -0.25) is 15.5 Å². The summed E-state index contributed by atoms with van der Waals surface area (Å²) < 4.78 is 0. The lowest BCUT2D eigenvalue weighted by atomic mass is 9.96. The van der Waals surface area contributed by atoms with Crippen LogP contribution in [0.3, 0.4) is 0 Å². The molecule has 1 aliphatic rings. The van der Waals surface area contributed by atoms with Crippen LogP contribution in [0.4, 0.5) is 0 Å². The molecular formula is C10H17N3O2. The summed E-state index contributed by atoms with van der Waals surface area (Å²) in [7, 11) is 0. The minimum absolute atomic E-state index is 0.0108. The lowest BCUT2D eigenvalue weighted by Gasteiger charge is -2.21. The van der Waals surface area contributed by atoms with Gasteiger partial charge in [0.25, 0.3) is 0 Å². The van der Waals surface area contributed by atoms with Crippen LogP contribution in [-0.2, 0) is 0 Å². The third-order valence-corrected chi connectivity index (χ3v) is 2.64. The molecule has 0 amide bonds.